The van der Waals surface area contributed by atoms with E-state index in [0.717, 1.165) is 28.5 Å². The molecule has 2 aromatic carbocycles. The molecule has 4 nitrogen and oxygen atoms in total. The second-order valence-corrected chi connectivity index (χ2v) is 7.19. The van der Waals surface area contributed by atoms with Crippen LogP contribution in [0, 0.1) is 13.8 Å². The first-order chi connectivity index (χ1) is 13.4. The Labute approximate surface area is 171 Å². The zero-order valence-electron chi connectivity index (χ0n) is 16.6. The molecule has 1 N–H and O–H groups in total. The summed E-state index contributed by atoms with van der Waals surface area (Å²) in [4.78, 5) is 13.2. The number of anilines is 1. The first-order valence-electron chi connectivity index (χ1n) is 9.39. The standard InChI is InChI=1S/C23H25ClN2O2/c1-5-28-22-9-7-6-8-21(22)25-16(3)23(27)20-14-15(2)26(17(20)4)19-12-10-18(24)11-13-19/h6-14,16,25H,5H2,1-4H3/t16-/m1/s1. The number of hydrogen-bond donors (Lipinski definition) is 1. The van der Waals surface area contributed by atoms with Gasteiger partial charge in [0, 0.05) is 27.7 Å². The van der Waals surface area contributed by atoms with Crippen molar-refractivity contribution >= 4 is 23.1 Å². The molecule has 3 aromatic rings. The first kappa shape index (κ1) is 20.0. The van der Waals surface area contributed by atoms with E-state index in [2.05, 4.69) is 9.88 Å². The fourth-order valence-electron chi connectivity index (χ4n) is 3.40. The van der Waals surface area contributed by atoms with Crippen molar-refractivity contribution in [3.63, 3.8) is 0 Å². The maximum atomic E-state index is 13.2. The van der Waals surface area contributed by atoms with Crippen molar-refractivity contribution in [2.75, 3.05) is 11.9 Å². The number of carbonyl (C=O) groups is 1. The number of ether oxygens (including phenoxy) is 1. The minimum Gasteiger partial charge on any atom is -0.492 e. The van der Waals surface area contributed by atoms with Crippen molar-refractivity contribution in [3.8, 4) is 11.4 Å². The molecule has 0 unspecified atom stereocenters. The molecule has 0 aliphatic heterocycles. The highest BCUT2D eigenvalue weighted by atomic mass is 35.5. The van der Waals surface area contributed by atoms with Gasteiger partial charge < -0.3 is 14.6 Å². The van der Waals surface area contributed by atoms with Crippen molar-refractivity contribution in [1.29, 1.82) is 0 Å². The zero-order valence-corrected chi connectivity index (χ0v) is 17.4. The SMILES string of the molecule is CCOc1ccccc1N[C@H](C)C(=O)c1cc(C)n(-c2ccc(Cl)cc2)c1C. The van der Waals surface area contributed by atoms with E-state index in [1.165, 1.54) is 0 Å². The Morgan fingerprint density at radius 2 is 1.82 bits per heavy atom. The quantitative estimate of drug-likeness (QED) is 0.511. The summed E-state index contributed by atoms with van der Waals surface area (Å²) < 4.78 is 7.72. The third-order valence-corrected chi connectivity index (χ3v) is 4.99. The molecule has 1 atom stereocenters. The topological polar surface area (TPSA) is 43.3 Å². The Kier molecular flexibility index (Phi) is 6.10. The second kappa shape index (κ2) is 8.53. The van der Waals surface area contributed by atoms with Crippen molar-refractivity contribution in [2.45, 2.75) is 33.7 Å². The van der Waals surface area contributed by atoms with Gasteiger partial charge in [-0.05, 0) is 70.2 Å². The van der Waals surface area contributed by atoms with E-state index in [1.807, 2.05) is 82.3 Å². The molecule has 28 heavy (non-hydrogen) atoms. The van der Waals surface area contributed by atoms with Crippen molar-refractivity contribution in [1.82, 2.24) is 4.57 Å². The van der Waals surface area contributed by atoms with Gasteiger partial charge in [-0.15, -0.1) is 0 Å². The molecule has 0 fully saturated rings. The summed E-state index contributed by atoms with van der Waals surface area (Å²) in [5, 5.41) is 3.98. The number of benzene rings is 2. The lowest BCUT2D eigenvalue weighted by Crippen LogP contribution is -2.26. The van der Waals surface area contributed by atoms with E-state index >= 15 is 0 Å². The van der Waals surface area contributed by atoms with Gasteiger partial charge in [-0.2, -0.15) is 0 Å². The van der Waals surface area contributed by atoms with Gasteiger partial charge in [-0.1, -0.05) is 23.7 Å². The summed E-state index contributed by atoms with van der Waals surface area (Å²) in [7, 11) is 0. The number of halogens is 1. The minimum absolute atomic E-state index is 0.0413. The summed E-state index contributed by atoms with van der Waals surface area (Å²) in [5.41, 5.74) is 4.43. The molecule has 0 aliphatic carbocycles. The molecule has 0 spiro atoms. The molecular formula is C23H25ClN2O2. The summed E-state index contributed by atoms with van der Waals surface area (Å²) in [6, 6.07) is 16.8. The van der Waals surface area contributed by atoms with E-state index in [9.17, 15) is 4.79 Å². The lowest BCUT2D eigenvalue weighted by atomic mass is 10.1. The molecule has 146 valence electrons. The van der Waals surface area contributed by atoms with Gasteiger partial charge in [0.15, 0.2) is 5.78 Å². The highest BCUT2D eigenvalue weighted by molar-refractivity contribution is 6.30. The number of carbonyl (C=O) groups excluding carboxylic acids is 1. The van der Waals surface area contributed by atoms with Crippen LogP contribution in [0.25, 0.3) is 5.69 Å². The molecule has 1 heterocycles. The monoisotopic (exact) mass is 396 g/mol. The largest absolute Gasteiger partial charge is 0.492 e. The van der Waals surface area contributed by atoms with Crippen LogP contribution < -0.4 is 10.1 Å². The molecule has 0 amide bonds. The van der Waals surface area contributed by atoms with Gasteiger partial charge in [-0.25, -0.2) is 0 Å². The van der Waals surface area contributed by atoms with Crippen LogP contribution in [0.2, 0.25) is 5.02 Å². The highest BCUT2D eigenvalue weighted by Crippen LogP contribution is 2.27. The van der Waals surface area contributed by atoms with Gasteiger partial charge in [0.2, 0.25) is 0 Å². The third-order valence-electron chi connectivity index (χ3n) is 4.73. The van der Waals surface area contributed by atoms with Gasteiger partial charge in [-0.3, -0.25) is 4.79 Å². The number of hydrogen-bond acceptors (Lipinski definition) is 3. The number of aryl methyl sites for hydroxylation is 1. The van der Waals surface area contributed by atoms with Crippen LogP contribution in [0.1, 0.15) is 35.6 Å². The van der Waals surface area contributed by atoms with Crippen LogP contribution in [-0.4, -0.2) is 23.0 Å². The molecule has 1 aromatic heterocycles. The van der Waals surface area contributed by atoms with Crippen molar-refractivity contribution in [2.24, 2.45) is 0 Å². The summed E-state index contributed by atoms with van der Waals surface area (Å²) >= 11 is 6.01. The molecule has 0 saturated carbocycles. The predicted octanol–water partition coefficient (Wildman–Crippen LogP) is 5.83. The van der Waals surface area contributed by atoms with Crippen LogP contribution in [0.4, 0.5) is 5.69 Å². The smallest absolute Gasteiger partial charge is 0.186 e. The van der Waals surface area contributed by atoms with Gasteiger partial charge >= 0.3 is 0 Å². The van der Waals surface area contributed by atoms with Gasteiger partial charge in [0.1, 0.15) is 5.75 Å². The number of Topliss-reactive ketones (excluding diaryl/α,β-unsaturated/α-hetero) is 1. The number of ketones is 1. The van der Waals surface area contributed by atoms with E-state index in [-0.39, 0.29) is 11.8 Å². The maximum absolute atomic E-state index is 13.2. The van der Waals surface area contributed by atoms with Crippen molar-refractivity contribution < 1.29 is 9.53 Å². The Morgan fingerprint density at radius 1 is 1.14 bits per heavy atom. The van der Waals surface area contributed by atoms with E-state index < -0.39 is 0 Å². The van der Waals surface area contributed by atoms with Crippen LogP contribution in [0.15, 0.2) is 54.6 Å². The van der Waals surface area contributed by atoms with Gasteiger partial charge in [0.25, 0.3) is 0 Å². The average molecular weight is 397 g/mol. The Hall–Kier alpha value is -2.72. The molecule has 3 rings (SSSR count). The summed E-state index contributed by atoms with van der Waals surface area (Å²) in [6.07, 6.45) is 0. The van der Waals surface area contributed by atoms with E-state index in [1.54, 1.807) is 0 Å². The summed E-state index contributed by atoms with van der Waals surface area (Å²) in [5.74, 6) is 0.788. The fraction of sp³-hybridized carbons (Fsp3) is 0.261. The minimum atomic E-state index is -0.388. The van der Waals surface area contributed by atoms with E-state index in [4.69, 9.17) is 16.3 Å². The molecule has 0 saturated heterocycles. The average Bonchev–Trinajstić information content (AvgIpc) is 2.98. The Balaban J connectivity index is 1.87. The van der Waals surface area contributed by atoms with Crippen LogP contribution in [0.5, 0.6) is 5.75 Å². The normalized spacial score (nSPS) is 11.9. The predicted molar refractivity (Wildman–Crippen MR) is 115 cm³/mol. The number of rotatable bonds is 7. The number of aromatic nitrogens is 1. The lowest BCUT2D eigenvalue weighted by Gasteiger charge is -2.17. The lowest BCUT2D eigenvalue weighted by molar-refractivity contribution is 0.0975. The van der Waals surface area contributed by atoms with Crippen LogP contribution in [0.3, 0.4) is 0 Å². The van der Waals surface area contributed by atoms with Crippen LogP contribution in [-0.2, 0) is 0 Å². The zero-order chi connectivity index (χ0) is 20.3. The maximum Gasteiger partial charge on any atom is 0.186 e. The molecule has 5 heteroatoms. The molecule has 0 aliphatic rings. The number of nitrogens with one attached hydrogen (secondary N) is 1. The molecule has 0 radical (unpaired) electrons. The summed E-state index contributed by atoms with van der Waals surface area (Å²) in [6.45, 7) is 8.36. The first-order valence-corrected chi connectivity index (χ1v) is 9.77. The Bertz CT molecular complexity index is 977. The fourth-order valence-corrected chi connectivity index (χ4v) is 3.53. The number of nitrogens with zero attached hydrogens (tertiary/aromatic N) is 1. The third kappa shape index (κ3) is 4.07. The molecule has 0 bridgehead atoms. The van der Waals surface area contributed by atoms with Gasteiger partial charge in [0.05, 0.1) is 18.3 Å². The van der Waals surface area contributed by atoms with Crippen LogP contribution >= 0.6 is 11.6 Å². The Morgan fingerprint density at radius 3 is 2.50 bits per heavy atom. The number of para-hydroxylation sites is 2. The van der Waals surface area contributed by atoms with E-state index in [0.29, 0.717) is 17.2 Å². The highest BCUT2D eigenvalue weighted by Gasteiger charge is 2.22. The molecular weight excluding hydrogens is 372 g/mol. The van der Waals surface area contributed by atoms with Crippen molar-refractivity contribution in [3.05, 3.63) is 76.6 Å². The second-order valence-electron chi connectivity index (χ2n) is 6.76.